The Bertz CT molecular complexity index is 774. The van der Waals surface area contributed by atoms with Gasteiger partial charge in [-0.15, -0.1) is 0 Å². The summed E-state index contributed by atoms with van der Waals surface area (Å²) in [7, 11) is 1.31. The van der Waals surface area contributed by atoms with Crippen molar-refractivity contribution in [3.05, 3.63) is 52.3 Å². The molecule has 1 aliphatic rings. The Kier molecular flexibility index (Phi) is 3.39. The lowest BCUT2D eigenvalue weighted by atomic mass is 9.88. The van der Waals surface area contributed by atoms with Crippen molar-refractivity contribution in [2.24, 2.45) is 5.73 Å². The number of amides is 1. The molecular weight excluding hydrogens is 272 g/mol. The Morgan fingerprint density at radius 3 is 2.24 bits per heavy atom. The van der Waals surface area contributed by atoms with E-state index in [1.165, 1.54) is 7.11 Å². The minimum absolute atomic E-state index is 0. The first kappa shape index (κ1) is 14.5. The maximum atomic E-state index is 12.5. The maximum Gasteiger partial charge on any atom is 0.269 e. The molecule has 1 amide bonds. The Balaban J connectivity index is 0.00000161. The minimum Gasteiger partial charge on any atom is -0.493 e. The summed E-state index contributed by atoms with van der Waals surface area (Å²) in [6, 6.07) is 6.47. The molecule has 1 aromatic carbocycles. The number of nitrogens with one attached hydrogen (secondary N) is 1. The standard InChI is InChI=1S/C14H10N2O4.CH4/c1-20-13-8-9(16-10(13)14(15)19)12(18)7-5-3-2-4-6(7)11(8)17;/h2-5,16H,1H3,(H2,15,19);1H4. The van der Waals surface area contributed by atoms with Crippen molar-refractivity contribution in [1.29, 1.82) is 0 Å². The fraction of sp³-hybridized carbons (Fsp3) is 0.133. The molecule has 3 rings (SSSR count). The Labute approximate surface area is 120 Å². The first-order chi connectivity index (χ1) is 9.56. The molecular formula is C15H14N2O4. The van der Waals surface area contributed by atoms with Gasteiger partial charge in [0.15, 0.2) is 11.5 Å². The van der Waals surface area contributed by atoms with E-state index in [0.717, 1.165) is 0 Å². The second-order valence-corrected chi connectivity index (χ2v) is 4.35. The number of fused-ring (bicyclic) bond motifs is 2. The molecule has 21 heavy (non-hydrogen) atoms. The van der Waals surface area contributed by atoms with Crippen molar-refractivity contribution in [1.82, 2.24) is 4.98 Å². The van der Waals surface area contributed by atoms with E-state index in [-0.39, 0.29) is 41.7 Å². The van der Waals surface area contributed by atoms with Gasteiger partial charge in [-0.05, 0) is 0 Å². The van der Waals surface area contributed by atoms with Gasteiger partial charge in [0, 0.05) is 11.1 Å². The number of aromatic nitrogens is 1. The lowest BCUT2D eigenvalue weighted by Crippen LogP contribution is -2.20. The Morgan fingerprint density at radius 1 is 1.14 bits per heavy atom. The van der Waals surface area contributed by atoms with Gasteiger partial charge in [-0.2, -0.15) is 0 Å². The van der Waals surface area contributed by atoms with E-state index in [2.05, 4.69) is 4.98 Å². The molecule has 2 aromatic rings. The zero-order chi connectivity index (χ0) is 14.4. The van der Waals surface area contributed by atoms with Crippen LogP contribution in [0.1, 0.15) is 49.9 Å². The van der Waals surface area contributed by atoms with Crippen LogP contribution in [0.2, 0.25) is 0 Å². The van der Waals surface area contributed by atoms with Gasteiger partial charge in [0.2, 0.25) is 5.78 Å². The normalized spacial score (nSPS) is 12.2. The summed E-state index contributed by atoms with van der Waals surface area (Å²) in [6.45, 7) is 0. The molecule has 0 saturated heterocycles. The fourth-order valence-corrected chi connectivity index (χ4v) is 2.40. The molecule has 0 spiro atoms. The summed E-state index contributed by atoms with van der Waals surface area (Å²) in [5.74, 6) is -1.50. The van der Waals surface area contributed by atoms with Gasteiger partial charge in [0.05, 0.1) is 12.7 Å². The SMILES string of the molecule is C.COc1c(C(N)=O)[nH]c2c1C(=O)c1ccccc1C2=O. The summed E-state index contributed by atoms with van der Waals surface area (Å²) < 4.78 is 5.07. The van der Waals surface area contributed by atoms with Crippen LogP contribution < -0.4 is 10.5 Å². The Hall–Kier alpha value is -2.89. The number of ketones is 2. The number of hydrogen-bond acceptors (Lipinski definition) is 4. The van der Waals surface area contributed by atoms with Crippen LogP contribution in [-0.2, 0) is 0 Å². The first-order valence-corrected chi connectivity index (χ1v) is 5.84. The molecule has 6 nitrogen and oxygen atoms in total. The van der Waals surface area contributed by atoms with E-state index in [1.807, 2.05) is 0 Å². The van der Waals surface area contributed by atoms with E-state index in [4.69, 9.17) is 10.5 Å². The zero-order valence-electron chi connectivity index (χ0n) is 10.5. The number of hydrogen-bond donors (Lipinski definition) is 2. The third-order valence-corrected chi connectivity index (χ3v) is 3.28. The number of methoxy groups -OCH3 is 1. The van der Waals surface area contributed by atoms with Crippen LogP contribution in [0, 0.1) is 0 Å². The van der Waals surface area contributed by atoms with E-state index in [9.17, 15) is 14.4 Å². The topological polar surface area (TPSA) is 102 Å². The van der Waals surface area contributed by atoms with Gasteiger partial charge in [0.25, 0.3) is 5.91 Å². The average Bonchev–Trinajstić information content (AvgIpc) is 2.85. The largest absolute Gasteiger partial charge is 0.493 e. The fourth-order valence-electron chi connectivity index (χ4n) is 2.40. The third kappa shape index (κ3) is 1.84. The number of aromatic amines is 1. The highest BCUT2D eigenvalue weighted by Crippen LogP contribution is 2.35. The number of benzene rings is 1. The second kappa shape index (κ2) is 4.90. The summed E-state index contributed by atoms with van der Waals surface area (Å²) in [4.78, 5) is 38.8. The Morgan fingerprint density at radius 2 is 1.71 bits per heavy atom. The number of primary amides is 1. The number of H-pyrrole nitrogens is 1. The average molecular weight is 286 g/mol. The molecule has 6 heteroatoms. The lowest BCUT2D eigenvalue weighted by molar-refractivity contribution is 0.0975. The quantitative estimate of drug-likeness (QED) is 0.745. The highest BCUT2D eigenvalue weighted by Gasteiger charge is 2.36. The molecule has 0 bridgehead atoms. The van der Waals surface area contributed by atoms with Gasteiger partial charge in [-0.25, -0.2) is 0 Å². The predicted molar refractivity (Wildman–Crippen MR) is 75.9 cm³/mol. The molecule has 1 heterocycles. The number of carbonyl (C=O) groups is 3. The van der Waals surface area contributed by atoms with Crippen LogP contribution in [0.4, 0.5) is 0 Å². The molecule has 0 aliphatic heterocycles. The van der Waals surface area contributed by atoms with Gasteiger partial charge < -0.3 is 15.5 Å². The number of rotatable bonds is 2. The molecule has 0 saturated carbocycles. The van der Waals surface area contributed by atoms with Crippen molar-refractivity contribution >= 4 is 17.5 Å². The monoisotopic (exact) mass is 286 g/mol. The number of carbonyl (C=O) groups excluding carboxylic acids is 3. The molecule has 1 aromatic heterocycles. The van der Waals surface area contributed by atoms with Gasteiger partial charge in [0.1, 0.15) is 11.4 Å². The highest BCUT2D eigenvalue weighted by atomic mass is 16.5. The van der Waals surface area contributed by atoms with Crippen molar-refractivity contribution in [3.63, 3.8) is 0 Å². The zero-order valence-corrected chi connectivity index (χ0v) is 10.5. The molecule has 1 aliphatic carbocycles. The molecule has 3 N–H and O–H groups in total. The van der Waals surface area contributed by atoms with E-state index in [0.29, 0.717) is 11.1 Å². The van der Waals surface area contributed by atoms with Crippen LogP contribution in [0.3, 0.4) is 0 Å². The smallest absolute Gasteiger partial charge is 0.269 e. The van der Waals surface area contributed by atoms with Crippen molar-refractivity contribution < 1.29 is 19.1 Å². The van der Waals surface area contributed by atoms with E-state index >= 15 is 0 Å². The summed E-state index contributed by atoms with van der Waals surface area (Å²) in [6.07, 6.45) is 0. The van der Waals surface area contributed by atoms with Crippen LogP contribution in [0.5, 0.6) is 5.75 Å². The van der Waals surface area contributed by atoms with Crippen LogP contribution >= 0.6 is 0 Å². The van der Waals surface area contributed by atoms with Gasteiger partial charge >= 0.3 is 0 Å². The van der Waals surface area contributed by atoms with E-state index < -0.39 is 5.91 Å². The van der Waals surface area contributed by atoms with Crippen LogP contribution in [-0.4, -0.2) is 29.6 Å². The third-order valence-electron chi connectivity index (χ3n) is 3.28. The van der Waals surface area contributed by atoms with Crippen molar-refractivity contribution in [2.45, 2.75) is 7.43 Å². The predicted octanol–water partition coefficient (Wildman–Crippen LogP) is 1.53. The minimum atomic E-state index is -0.791. The van der Waals surface area contributed by atoms with Crippen molar-refractivity contribution in [3.8, 4) is 5.75 Å². The number of ether oxygens (including phenoxy) is 1. The molecule has 0 fully saturated rings. The lowest BCUT2D eigenvalue weighted by Gasteiger charge is -2.14. The first-order valence-electron chi connectivity index (χ1n) is 5.84. The molecule has 0 atom stereocenters. The summed E-state index contributed by atoms with van der Waals surface area (Å²) >= 11 is 0. The summed E-state index contributed by atoms with van der Waals surface area (Å²) in [5.41, 5.74) is 5.84. The summed E-state index contributed by atoms with van der Waals surface area (Å²) in [5, 5.41) is 0. The van der Waals surface area contributed by atoms with E-state index in [1.54, 1.807) is 24.3 Å². The number of nitrogens with two attached hydrogens (primary N) is 1. The highest BCUT2D eigenvalue weighted by molar-refractivity contribution is 6.29. The van der Waals surface area contributed by atoms with Crippen LogP contribution in [0.25, 0.3) is 0 Å². The molecule has 0 radical (unpaired) electrons. The van der Waals surface area contributed by atoms with Crippen molar-refractivity contribution in [2.75, 3.05) is 7.11 Å². The van der Waals surface area contributed by atoms with Crippen LogP contribution in [0.15, 0.2) is 24.3 Å². The molecule has 108 valence electrons. The van der Waals surface area contributed by atoms with Gasteiger partial charge in [-0.1, -0.05) is 31.7 Å². The maximum absolute atomic E-state index is 12.5. The van der Waals surface area contributed by atoms with Gasteiger partial charge in [-0.3, -0.25) is 14.4 Å². The second-order valence-electron chi connectivity index (χ2n) is 4.35. The molecule has 0 unspecified atom stereocenters.